The number of nitrogens with one attached hydrogen (secondary N) is 4. The van der Waals surface area contributed by atoms with Crippen LogP contribution in [0, 0.1) is 0 Å². The van der Waals surface area contributed by atoms with Gasteiger partial charge in [-0.3, -0.25) is 19.6 Å². The van der Waals surface area contributed by atoms with Gasteiger partial charge in [-0.2, -0.15) is 0 Å². The van der Waals surface area contributed by atoms with Gasteiger partial charge in [0.05, 0.1) is 12.4 Å². The maximum absolute atomic E-state index is 11.2. The Kier molecular flexibility index (Phi) is 3.36. The normalized spacial score (nSPS) is 9.89. The highest BCUT2D eigenvalue weighted by Gasteiger charge is 2.08. The fourth-order valence-corrected chi connectivity index (χ4v) is 1.10. The van der Waals surface area contributed by atoms with Crippen molar-refractivity contribution < 1.29 is 9.31 Å². The van der Waals surface area contributed by atoms with Crippen molar-refractivity contribution in [1.82, 2.24) is 19.9 Å². The summed E-state index contributed by atoms with van der Waals surface area (Å²) in [7, 11) is 0.700. The zero-order chi connectivity index (χ0) is 13.8. The molecule has 0 aliphatic heterocycles. The molecular formula is C8H6BN4O6. The van der Waals surface area contributed by atoms with E-state index in [1.54, 1.807) is 0 Å². The molecule has 0 aliphatic carbocycles. The van der Waals surface area contributed by atoms with E-state index in [9.17, 15) is 19.2 Å². The van der Waals surface area contributed by atoms with Gasteiger partial charge in [-0.25, -0.2) is 9.59 Å². The van der Waals surface area contributed by atoms with Crippen LogP contribution >= 0.6 is 0 Å². The number of aromatic nitrogens is 4. The zero-order valence-corrected chi connectivity index (χ0v) is 9.18. The van der Waals surface area contributed by atoms with Crippen LogP contribution in [0.4, 0.5) is 0 Å². The molecule has 2 heterocycles. The Hall–Kier alpha value is -2.98. The van der Waals surface area contributed by atoms with Crippen LogP contribution in [0.3, 0.4) is 0 Å². The first kappa shape index (κ1) is 12.5. The highest BCUT2D eigenvalue weighted by atomic mass is 16.6. The predicted octanol–water partition coefficient (Wildman–Crippen LogP) is -2.57. The van der Waals surface area contributed by atoms with Gasteiger partial charge in [-0.05, 0) is 0 Å². The molecule has 0 saturated carbocycles. The van der Waals surface area contributed by atoms with Gasteiger partial charge in [-0.1, -0.05) is 0 Å². The molecule has 0 aromatic carbocycles. The Morgan fingerprint density at radius 2 is 1.21 bits per heavy atom. The van der Waals surface area contributed by atoms with Crippen molar-refractivity contribution in [2.45, 2.75) is 0 Å². The van der Waals surface area contributed by atoms with E-state index < -0.39 is 22.5 Å². The summed E-state index contributed by atoms with van der Waals surface area (Å²) in [4.78, 5) is 52.1. The topological polar surface area (TPSA) is 150 Å². The molecule has 10 nitrogen and oxygen atoms in total. The quantitative estimate of drug-likeness (QED) is 0.446. The fraction of sp³-hybridized carbons (Fsp3) is 0. The second-order valence-corrected chi connectivity index (χ2v) is 3.20. The smallest absolute Gasteiger partial charge is 0.521 e. The molecule has 4 N–H and O–H groups in total. The molecule has 97 valence electrons. The summed E-state index contributed by atoms with van der Waals surface area (Å²) in [6.07, 6.45) is 2.05. The lowest BCUT2D eigenvalue weighted by Gasteiger charge is -2.03. The van der Waals surface area contributed by atoms with Gasteiger partial charge >= 0.3 is 19.1 Å². The first-order valence-corrected chi connectivity index (χ1v) is 4.85. The van der Waals surface area contributed by atoms with Gasteiger partial charge in [-0.15, -0.1) is 0 Å². The summed E-state index contributed by atoms with van der Waals surface area (Å²) in [5, 5.41) is 0. The second kappa shape index (κ2) is 5.12. The maximum Gasteiger partial charge on any atom is 0.658 e. The largest absolute Gasteiger partial charge is 0.658 e. The standard InChI is InChI=1S/C8H6BN4O6/c14-5-3(1-10-7(16)12-5)18-9-19-4-2-11-8(17)13-6(4)15/h1-2H,(H2,10,12,14,16)(H2,11,13,15,17). The highest BCUT2D eigenvalue weighted by molar-refractivity contribution is 6.20. The summed E-state index contributed by atoms with van der Waals surface area (Å²) in [6.45, 7) is 0. The molecule has 0 amide bonds. The molecule has 2 rings (SSSR count). The summed E-state index contributed by atoms with van der Waals surface area (Å²) in [5.41, 5.74) is -2.90. The molecule has 0 spiro atoms. The van der Waals surface area contributed by atoms with Crippen LogP contribution in [0.5, 0.6) is 11.5 Å². The minimum atomic E-state index is -0.765. The molecule has 0 unspecified atom stereocenters. The Bertz CT molecular complexity index is 734. The monoisotopic (exact) mass is 265 g/mol. The first-order chi connectivity index (χ1) is 9.06. The van der Waals surface area contributed by atoms with Crippen molar-refractivity contribution in [3.8, 4) is 11.5 Å². The lowest BCUT2D eigenvalue weighted by atomic mass is 10.3. The molecule has 19 heavy (non-hydrogen) atoms. The van der Waals surface area contributed by atoms with E-state index >= 15 is 0 Å². The van der Waals surface area contributed by atoms with E-state index in [4.69, 9.17) is 9.31 Å². The zero-order valence-electron chi connectivity index (χ0n) is 9.18. The van der Waals surface area contributed by atoms with Crippen molar-refractivity contribution in [3.63, 3.8) is 0 Å². The molecule has 0 aliphatic rings. The molecule has 0 bridgehead atoms. The molecule has 2 aromatic rings. The van der Waals surface area contributed by atoms with Crippen LogP contribution in [-0.4, -0.2) is 27.6 Å². The van der Waals surface area contributed by atoms with E-state index in [0.29, 0.717) is 7.69 Å². The van der Waals surface area contributed by atoms with Gasteiger partial charge < -0.3 is 19.3 Å². The van der Waals surface area contributed by atoms with E-state index in [-0.39, 0.29) is 11.5 Å². The summed E-state index contributed by atoms with van der Waals surface area (Å²) in [6, 6.07) is 0. The van der Waals surface area contributed by atoms with Crippen molar-refractivity contribution in [2.24, 2.45) is 0 Å². The fourth-order valence-electron chi connectivity index (χ4n) is 1.10. The van der Waals surface area contributed by atoms with E-state index in [1.807, 2.05) is 9.97 Å². The molecule has 0 atom stereocenters. The predicted molar refractivity (Wildman–Crippen MR) is 62.4 cm³/mol. The van der Waals surface area contributed by atoms with Gasteiger partial charge in [0, 0.05) is 0 Å². The SMILES string of the molecule is O=c1[nH]cc(O[B]Oc2c[nH]c(=O)[nH]c2=O)c(=O)[nH]1. The highest BCUT2D eigenvalue weighted by Crippen LogP contribution is 1.98. The van der Waals surface area contributed by atoms with Crippen molar-refractivity contribution in [3.05, 3.63) is 54.1 Å². The van der Waals surface area contributed by atoms with Gasteiger partial charge in [0.25, 0.3) is 11.1 Å². The first-order valence-electron chi connectivity index (χ1n) is 4.85. The van der Waals surface area contributed by atoms with Crippen molar-refractivity contribution in [2.75, 3.05) is 0 Å². The van der Waals surface area contributed by atoms with Crippen molar-refractivity contribution >= 4 is 7.69 Å². The van der Waals surface area contributed by atoms with E-state index in [1.165, 1.54) is 0 Å². The second-order valence-electron chi connectivity index (χ2n) is 3.20. The average molecular weight is 265 g/mol. The molecular weight excluding hydrogens is 259 g/mol. The third kappa shape index (κ3) is 3.03. The summed E-state index contributed by atoms with van der Waals surface area (Å²) in [5.74, 6) is -0.471. The molecule has 0 fully saturated rings. The number of aromatic amines is 4. The third-order valence-electron chi connectivity index (χ3n) is 1.92. The minimum absolute atomic E-state index is 0.236. The van der Waals surface area contributed by atoms with Crippen LogP contribution in [0.2, 0.25) is 0 Å². The average Bonchev–Trinajstić information content (AvgIpc) is 2.34. The minimum Gasteiger partial charge on any atom is -0.521 e. The Balaban J connectivity index is 2.04. The maximum atomic E-state index is 11.2. The Morgan fingerprint density at radius 1 is 0.789 bits per heavy atom. The van der Waals surface area contributed by atoms with Gasteiger partial charge in [0.2, 0.25) is 0 Å². The van der Waals surface area contributed by atoms with Crippen LogP contribution in [0.25, 0.3) is 0 Å². The van der Waals surface area contributed by atoms with E-state index in [0.717, 1.165) is 12.4 Å². The Morgan fingerprint density at radius 3 is 1.58 bits per heavy atom. The molecule has 11 heteroatoms. The Labute approximate surface area is 103 Å². The number of rotatable bonds is 4. The number of H-pyrrole nitrogens is 4. The lowest BCUT2D eigenvalue weighted by Crippen LogP contribution is -2.27. The summed E-state index contributed by atoms with van der Waals surface area (Å²) >= 11 is 0. The number of hydrogen-bond acceptors (Lipinski definition) is 6. The van der Waals surface area contributed by atoms with Crippen LogP contribution in [-0.2, 0) is 0 Å². The van der Waals surface area contributed by atoms with Gasteiger partial charge in [0.15, 0.2) is 11.5 Å². The van der Waals surface area contributed by atoms with Crippen molar-refractivity contribution in [1.29, 1.82) is 0 Å². The van der Waals surface area contributed by atoms with Crippen LogP contribution in [0.15, 0.2) is 31.6 Å². The third-order valence-corrected chi connectivity index (χ3v) is 1.92. The molecule has 2 aromatic heterocycles. The molecule has 0 saturated heterocycles. The van der Waals surface area contributed by atoms with Gasteiger partial charge in [0.1, 0.15) is 0 Å². The number of hydrogen-bond donors (Lipinski definition) is 4. The summed E-state index contributed by atoms with van der Waals surface area (Å²) < 4.78 is 9.55. The molecule has 1 radical (unpaired) electrons. The lowest BCUT2D eigenvalue weighted by molar-refractivity contribution is 0.447. The van der Waals surface area contributed by atoms with Crippen LogP contribution < -0.4 is 31.8 Å². The van der Waals surface area contributed by atoms with E-state index in [2.05, 4.69) is 9.97 Å². The van der Waals surface area contributed by atoms with Crippen LogP contribution in [0.1, 0.15) is 0 Å².